The Balaban J connectivity index is 1.55. The lowest BCUT2D eigenvalue weighted by molar-refractivity contribution is -0.136. The smallest absolute Gasteiger partial charge is 0.255 e. The van der Waals surface area contributed by atoms with Crippen LogP contribution in [-0.2, 0) is 22.7 Å². The number of hydrogen-bond donors (Lipinski definition) is 2. The second-order valence-electron chi connectivity index (χ2n) is 7.87. The van der Waals surface area contributed by atoms with Crippen molar-refractivity contribution in [3.05, 3.63) is 34.9 Å². The van der Waals surface area contributed by atoms with Crippen LogP contribution in [0.15, 0.2) is 18.2 Å². The zero-order valence-electron chi connectivity index (χ0n) is 16.3. The quantitative estimate of drug-likeness (QED) is 0.681. The van der Waals surface area contributed by atoms with Gasteiger partial charge in [0.05, 0.1) is 6.07 Å². The first-order chi connectivity index (χ1) is 14.1. The van der Waals surface area contributed by atoms with Crippen LogP contribution >= 0.6 is 0 Å². The third-order valence-corrected chi connectivity index (χ3v) is 6.11. The highest BCUT2D eigenvalue weighted by Crippen LogP contribution is 2.31. The van der Waals surface area contributed by atoms with Gasteiger partial charge in [-0.15, -0.1) is 0 Å². The summed E-state index contributed by atoms with van der Waals surface area (Å²) in [6, 6.07) is 7.73. The maximum atomic E-state index is 13.0. The molecule has 152 valence electrons. The molecule has 0 saturated carbocycles. The molecule has 0 bridgehead atoms. The number of fused-ring (bicyclic) bond motifs is 1. The van der Waals surface area contributed by atoms with Gasteiger partial charge in [0.25, 0.3) is 5.91 Å². The SMILES string of the molecule is N#CCCN(Cc1cccc2c1CN(C1CCC(=O)NC1=O)C2=O)C1CCNC1. The van der Waals surface area contributed by atoms with Crippen LogP contribution in [0.1, 0.15) is 47.2 Å². The van der Waals surface area contributed by atoms with E-state index in [1.807, 2.05) is 18.2 Å². The minimum absolute atomic E-state index is 0.151. The molecule has 8 heteroatoms. The van der Waals surface area contributed by atoms with Crippen LogP contribution in [-0.4, -0.2) is 59.2 Å². The highest BCUT2D eigenvalue weighted by atomic mass is 16.2. The summed E-state index contributed by atoms with van der Waals surface area (Å²) in [5, 5.41) is 14.7. The van der Waals surface area contributed by atoms with Crippen molar-refractivity contribution < 1.29 is 14.4 Å². The van der Waals surface area contributed by atoms with Gasteiger partial charge in [0.15, 0.2) is 0 Å². The number of carbonyl (C=O) groups is 3. The van der Waals surface area contributed by atoms with E-state index >= 15 is 0 Å². The summed E-state index contributed by atoms with van der Waals surface area (Å²) in [6.07, 6.45) is 2.12. The lowest BCUT2D eigenvalue weighted by Gasteiger charge is -2.30. The molecule has 1 aromatic carbocycles. The Kier molecular flexibility index (Phi) is 5.60. The topological polar surface area (TPSA) is 106 Å². The Hall–Kier alpha value is -2.76. The molecule has 3 heterocycles. The molecule has 2 N–H and O–H groups in total. The number of benzene rings is 1. The maximum Gasteiger partial charge on any atom is 0.255 e. The summed E-state index contributed by atoms with van der Waals surface area (Å²) in [7, 11) is 0. The number of imide groups is 1. The first kappa shape index (κ1) is 19.6. The van der Waals surface area contributed by atoms with Crippen molar-refractivity contribution in [2.75, 3.05) is 19.6 Å². The van der Waals surface area contributed by atoms with Crippen LogP contribution in [0, 0.1) is 11.3 Å². The molecule has 2 atom stereocenters. The minimum Gasteiger partial charge on any atom is -0.322 e. The standard InChI is InChI=1S/C21H25N5O3/c22-8-2-10-25(15-7-9-23-11-15)12-14-3-1-4-16-17(14)13-26(21(16)29)18-5-6-19(27)24-20(18)28/h1,3-4,15,18,23H,2,5-7,9-13H2,(H,24,27,28). The first-order valence-corrected chi connectivity index (χ1v) is 10.2. The fourth-order valence-corrected chi connectivity index (χ4v) is 4.55. The zero-order chi connectivity index (χ0) is 20.4. The van der Waals surface area contributed by atoms with Crippen molar-refractivity contribution in [2.24, 2.45) is 0 Å². The predicted molar refractivity (Wildman–Crippen MR) is 104 cm³/mol. The van der Waals surface area contributed by atoms with Crippen LogP contribution < -0.4 is 10.6 Å². The predicted octanol–water partition coefficient (Wildman–Crippen LogP) is 0.525. The molecule has 0 radical (unpaired) electrons. The van der Waals surface area contributed by atoms with Crippen molar-refractivity contribution >= 4 is 17.7 Å². The fourth-order valence-electron chi connectivity index (χ4n) is 4.55. The van der Waals surface area contributed by atoms with Gasteiger partial charge in [-0.25, -0.2) is 0 Å². The largest absolute Gasteiger partial charge is 0.322 e. The van der Waals surface area contributed by atoms with E-state index < -0.39 is 11.9 Å². The summed E-state index contributed by atoms with van der Waals surface area (Å²) in [5.74, 6) is -0.825. The van der Waals surface area contributed by atoms with Gasteiger partial charge in [0, 0.05) is 50.6 Å². The lowest BCUT2D eigenvalue weighted by atomic mass is 10.0. The van der Waals surface area contributed by atoms with Crippen LogP contribution in [0.2, 0.25) is 0 Å². The second kappa shape index (κ2) is 8.31. The molecule has 1 aromatic rings. The van der Waals surface area contributed by atoms with Gasteiger partial charge in [-0.05, 0) is 36.6 Å². The van der Waals surface area contributed by atoms with Crippen LogP contribution in [0.3, 0.4) is 0 Å². The van der Waals surface area contributed by atoms with Gasteiger partial charge in [-0.2, -0.15) is 5.26 Å². The monoisotopic (exact) mass is 395 g/mol. The Morgan fingerprint density at radius 1 is 1.24 bits per heavy atom. The number of nitriles is 1. The minimum atomic E-state index is -0.603. The highest BCUT2D eigenvalue weighted by Gasteiger charge is 2.40. The number of nitrogens with zero attached hydrogens (tertiary/aromatic N) is 3. The molecule has 0 spiro atoms. The molecular weight excluding hydrogens is 370 g/mol. The molecule has 0 aliphatic carbocycles. The van der Waals surface area contributed by atoms with Gasteiger partial charge >= 0.3 is 0 Å². The first-order valence-electron chi connectivity index (χ1n) is 10.2. The highest BCUT2D eigenvalue weighted by molar-refractivity contribution is 6.05. The molecule has 0 aromatic heterocycles. The number of amides is 3. The molecule has 2 unspecified atom stereocenters. The zero-order valence-corrected chi connectivity index (χ0v) is 16.3. The molecule has 3 aliphatic heterocycles. The van der Waals surface area contributed by atoms with Crippen molar-refractivity contribution in [1.29, 1.82) is 5.26 Å². The Morgan fingerprint density at radius 2 is 2.10 bits per heavy atom. The third kappa shape index (κ3) is 3.88. The molecule has 3 aliphatic rings. The third-order valence-electron chi connectivity index (χ3n) is 6.11. The number of hydrogen-bond acceptors (Lipinski definition) is 6. The summed E-state index contributed by atoms with van der Waals surface area (Å²) in [6.45, 7) is 3.63. The lowest BCUT2D eigenvalue weighted by Crippen LogP contribution is -2.52. The van der Waals surface area contributed by atoms with E-state index in [0.717, 1.165) is 30.6 Å². The van der Waals surface area contributed by atoms with Crippen molar-refractivity contribution in [3.8, 4) is 6.07 Å². The molecule has 3 amide bonds. The molecule has 29 heavy (non-hydrogen) atoms. The number of carbonyl (C=O) groups excluding carboxylic acids is 3. The Labute approximate surface area is 169 Å². The summed E-state index contributed by atoms with van der Waals surface area (Å²) < 4.78 is 0. The van der Waals surface area contributed by atoms with E-state index in [9.17, 15) is 14.4 Å². The van der Waals surface area contributed by atoms with Gasteiger partial charge in [-0.1, -0.05) is 12.1 Å². The Morgan fingerprint density at radius 3 is 2.83 bits per heavy atom. The van der Waals surface area contributed by atoms with Crippen molar-refractivity contribution in [3.63, 3.8) is 0 Å². The molecule has 4 rings (SSSR count). The molecular formula is C21H25N5O3. The summed E-state index contributed by atoms with van der Waals surface area (Å²) in [5.41, 5.74) is 2.66. The second-order valence-corrected chi connectivity index (χ2v) is 7.87. The number of rotatable bonds is 6. The van der Waals surface area contributed by atoms with E-state index in [4.69, 9.17) is 5.26 Å². The van der Waals surface area contributed by atoms with Gasteiger partial charge < -0.3 is 10.2 Å². The van der Waals surface area contributed by atoms with E-state index in [1.54, 1.807) is 4.90 Å². The molecule has 8 nitrogen and oxygen atoms in total. The summed E-state index contributed by atoms with van der Waals surface area (Å²) >= 11 is 0. The molecule has 2 fully saturated rings. The van der Waals surface area contributed by atoms with E-state index in [-0.39, 0.29) is 18.2 Å². The average Bonchev–Trinajstić information content (AvgIpc) is 3.35. The van der Waals surface area contributed by atoms with Crippen molar-refractivity contribution in [2.45, 2.75) is 50.9 Å². The normalized spacial score (nSPS) is 24.0. The van der Waals surface area contributed by atoms with Crippen molar-refractivity contribution in [1.82, 2.24) is 20.4 Å². The van der Waals surface area contributed by atoms with Gasteiger partial charge in [-0.3, -0.25) is 24.6 Å². The Bertz CT molecular complexity index is 872. The van der Waals surface area contributed by atoms with Crippen LogP contribution in [0.25, 0.3) is 0 Å². The van der Waals surface area contributed by atoms with Crippen LogP contribution in [0.4, 0.5) is 0 Å². The van der Waals surface area contributed by atoms with E-state index in [1.165, 1.54) is 0 Å². The van der Waals surface area contributed by atoms with Gasteiger partial charge in [0.1, 0.15) is 6.04 Å². The molecule has 2 saturated heterocycles. The summed E-state index contributed by atoms with van der Waals surface area (Å²) in [4.78, 5) is 40.6. The van der Waals surface area contributed by atoms with E-state index in [0.29, 0.717) is 44.1 Å². The van der Waals surface area contributed by atoms with E-state index in [2.05, 4.69) is 21.6 Å². The van der Waals surface area contributed by atoms with Gasteiger partial charge in [0.2, 0.25) is 11.8 Å². The fraction of sp³-hybridized carbons (Fsp3) is 0.524. The average molecular weight is 395 g/mol. The van der Waals surface area contributed by atoms with Crippen LogP contribution in [0.5, 0.6) is 0 Å². The number of piperidine rings is 1. The maximum absolute atomic E-state index is 13.0. The number of nitrogens with one attached hydrogen (secondary N) is 2.